The Bertz CT molecular complexity index is 1240. The molecule has 0 bridgehead atoms. The molecule has 2 aromatic heterocycles. The standard InChI is InChI=1S/C22H20BrF3N6O/c1-27-9-10-28-13-14-5-4-6-15(11-14)32-18(12-19(31-32)22(24,25)26)21-30-29-20(33-21)16-7-2-3-8-17(16)23/h2-8,11-12,27-28H,9-10,13H2,1H3. The average Bonchev–Trinajstić information content (AvgIpc) is 3.45. The van der Waals surface area contributed by atoms with Crippen LogP contribution >= 0.6 is 15.9 Å². The summed E-state index contributed by atoms with van der Waals surface area (Å²) in [5, 5.41) is 18.1. The van der Waals surface area contributed by atoms with E-state index >= 15 is 0 Å². The molecule has 11 heteroatoms. The van der Waals surface area contributed by atoms with Gasteiger partial charge in [0.05, 0.1) is 11.3 Å². The van der Waals surface area contributed by atoms with Crippen molar-refractivity contribution in [3.8, 4) is 28.7 Å². The maximum Gasteiger partial charge on any atom is 0.435 e. The van der Waals surface area contributed by atoms with E-state index in [9.17, 15) is 13.2 Å². The minimum atomic E-state index is -4.63. The highest BCUT2D eigenvalue weighted by molar-refractivity contribution is 9.10. The van der Waals surface area contributed by atoms with Crippen molar-refractivity contribution in [2.45, 2.75) is 12.7 Å². The molecule has 2 heterocycles. The summed E-state index contributed by atoms with van der Waals surface area (Å²) >= 11 is 3.41. The summed E-state index contributed by atoms with van der Waals surface area (Å²) in [5.74, 6) is 0.113. The smallest absolute Gasteiger partial charge is 0.415 e. The van der Waals surface area contributed by atoms with Crippen LogP contribution < -0.4 is 10.6 Å². The SMILES string of the molecule is CNCCNCc1cccc(-n2nc(C(F)(F)F)cc2-c2nnc(-c3ccccc3Br)o2)c1. The number of halogens is 4. The molecule has 0 fully saturated rings. The van der Waals surface area contributed by atoms with Gasteiger partial charge in [0.2, 0.25) is 5.89 Å². The maximum atomic E-state index is 13.5. The van der Waals surface area contributed by atoms with Gasteiger partial charge in [-0.2, -0.15) is 18.3 Å². The highest BCUT2D eigenvalue weighted by Gasteiger charge is 2.36. The summed E-state index contributed by atoms with van der Waals surface area (Å²) in [6.07, 6.45) is -4.63. The summed E-state index contributed by atoms with van der Waals surface area (Å²) in [7, 11) is 1.86. The molecule has 0 spiro atoms. The van der Waals surface area contributed by atoms with Crippen LogP contribution in [0.5, 0.6) is 0 Å². The summed E-state index contributed by atoms with van der Waals surface area (Å²) in [6, 6.07) is 15.2. The van der Waals surface area contributed by atoms with Crippen LogP contribution in [0.25, 0.3) is 28.7 Å². The molecule has 0 aliphatic carbocycles. The fraction of sp³-hybridized carbons (Fsp3) is 0.227. The van der Waals surface area contributed by atoms with Crippen molar-refractivity contribution in [3.63, 3.8) is 0 Å². The van der Waals surface area contributed by atoms with Gasteiger partial charge in [0.15, 0.2) is 5.69 Å². The van der Waals surface area contributed by atoms with Crippen molar-refractivity contribution >= 4 is 15.9 Å². The van der Waals surface area contributed by atoms with Gasteiger partial charge in [-0.15, -0.1) is 10.2 Å². The van der Waals surface area contributed by atoms with E-state index in [-0.39, 0.29) is 17.5 Å². The second kappa shape index (κ2) is 9.86. The van der Waals surface area contributed by atoms with E-state index in [0.29, 0.717) is 17.8 Å². The number of likely N-dealkylation sites (N-methyl/N-ethyl adjacent to an activating group) is 1. The lowest BCUT2D eigenvalue weighted by molar-refractivity contribution is -0.141. The monoisotopic (exact) mass is 520 g/mol. The third-order valence-corrected chi connectivity index (χ3v) is 5.48. The Morgan fingerprint density at radius 3 is 2.55 bits per heavy atom. The molecule has 2 N–H and O–H groups in total. The van der Waals surface area contributed by atoms with E-state index in [1.165, 1.54) is 4.68 Å². The Hall–Kier alpha value is -3.02. The highest BCUT2D eigenvalue weighted by atomic mass is 79.9. The number of hydrogen-bond acceptors (Lipinski definition) is 6. The number of alkyl halides is 3. The molecule has 4 rings (SSSR count). The second-order valence-corrected chi connectivity index (χ2v) is 8.02. The molecule has 0 saturated heterocycles. The van der Waals surface area contributed by atoms with Crippen molar-refractivity contribution in [2.24, 2.45) is 0 Å². The first-order chi connectivity index (χ1) is 15.9. The molecular weight excluding hydrogens is 501 g/mol. The first kappa shape index (κ1) is 23.1. The average molecular weight is 521 g/mol. The van der Waals surface area contributed by atoms with E-state index < -0.39 is 11.9 Å². The van der Waals surface area contributed by atoms with Crippen LogP contribution in [0.3, 0.4) is 0 Å². The predicted molar refractivity (Wildman–Crippen MR) is 121 cm³/mol. The number of benzene rings is 2. The molecular formula is C22H20BrF3N6O. The molecule has 2 aromatic carbocycles. The lowest BCUT2D eigenvalue weighted by Crippen LogP contribution is -2.24. The summed E-state index contributed by atoms with van der Waals surface area (Å²) in [5.41, 5.74) is 0.990. The van der Waals surface area contributed by atoms with E-state index in [0.717, 1.165) is 29.2 Å². The normalized spacial score (nSPS) is 11.8. The second-order valence-electron chi connectivity index (χ2n) is 7.17. The number of nitrogens with zero attached hydrogens (tertiary/aromatic N) is 4. The zero-order chi connectivity index (χ0) is 23.4. The van der Waals surface area contributed by atoms with Crippen LogP contribution in [-0.4, -0.2) is 40.1 Å². The Morgan fingerprint density at radius 1 is 1.00 bits per heavy atom. The van der Waals surface area contributed by atoms with Gasteiger partial charge in [-0.3, -0.25) is 0 Å². The third kappa shape index (κ3) is 5.32. The molecule has 0 radical (unpaired) electrons. The van der Waals surface area contributed by atoms with E-state index in [1.54, 1.807) is 36.4 Å². The molecule has 0 saturated carbocycles. The van der Waals surface area contributed by atoms with Crippen molar-refractivity contribution < 1.29 is 17.6 Å². The zero-order valence-electron chi connectivity index (χ0n) is 17.5. The van der Waals surface area contributed by atoms with Crippen LogP contribution in [0.1, 0.15) is 11.3 Å². The number of aromatic nitrogens is 4. The van der Waals surface area contributed by atoms with Crippen LogP contribution in [0.4, 0.5) is 13.2 Å². The van der Waals surface area contributed by atoms with Crippen LogP contribution in [-0.2, 0) is 12.7 Å². The molecule has 0 amide bonds. The molecule has 172 valence electrons. The van der Waals surface area contributed by atoms with Gasteiger partial charge in [-0.1, -0.05) is 24.3 Å². The van der Waals surface area contributed by atoms with Crippen molar-refractivity contribution in [3.05, 3.63) is 70.3 Å². The maximum absolute atomic E-state index is 13.5. The van der Waals surface area contributed by atoms with Gasteiger partial charge >= 0.3 is 6.18 Å². The van der Waals surface area contributed by atoms with E-state index in [2.05, 4.69) is 41.9 Å². The summed E-state index contributed by atoms with van der Waals surface area (Å²) in [6.45, 7) is 2.12. The van der Waals surface area contributed by atoms with E-state index in [4.69, 9.17) is 4.42 Å². The van der Waals surface area contributed by atoms with Gasteiger partial charge in [0.1, 0.15) is 5.69 Å². The Labute approximate surface area is 196 Å². The van der Waals surface area contributed by atoms with Crippen LogP contribution in [0.15, 0.2) is 63.5 Å². The molecule has 0 atom stereocenters. The van der Waals surface area contributed by atoms with Gasteiger partial charge in [-0.05, 0) is 52.8 Å². The third-order valence-electron chi connectivity index (χ3n) is 4.78. The minimum absolute atomic E-state index is 0.0495. The van der Waals surface area contributed by atoms with Gasteiger partial charge in [0, 0.05) is 30.2 Å². The molecule has 0 aliphatic rings. The Morgan fingerprint density at radius 2 is 1.79 bits per heavy atom. The number of rotatable bonds is 8. The van der Waals surface area contributed by atoms with Crippen LogP contribution in [0, 0.1) is 0 Å². The zero-order valence-corrected chi connectivity index (χ0v) is 19.1. The largest absolute Gasteiger partial charge is 0.435 e. The molecule has 4 aromatic rings. The Balaban J connectivity index is 1.72. The molecule has 0 aliphatic heterocycles. The number of nitrogens with one attached hydrogen (secondary N) is 2. The summed E-state index contributed by atoms with van der Waals surface area (Å²) < 4.78 is 48.1. The number of hydrogen-bond donors (Lipinski definition) is 2. The van der Waals surface area contributed by atoms with Gasteiger partial charge in [-0.25, -0.2) is 4.68 Å². The minimum Gasteiger partial charge on any atom is -0.415 e. The fourth-order valence-corrected chi connectivity index (χ4v) is 3.64. The van der Waals surface area contributed by atoms with Gasteiger partial charge in [0.25, 0.3) is 5.89 Å². The summed E-state index contributed by atoms with van der Waals surface area (Å²) in [4.78, 5) is 0. The van der Waals surface area contributed by atoms with Crippen molar-refractivity contribution in [2.75, 3.05) is 20.1 Å². The topological polar surface area (TPSA) is 80.8 Å². The van der Waals surface area contributed by atoms with Crippen molar-refractivity contribution in [1.29, 1.82) is 0 Å². The van der Waals surface area contributed by atoms with Gasteiger partial charge < -0.3 is 15.1 Å². The lowest BCUT2D eigenvalue weighted by atomic mass is 10.2. The Kier molecular flexibility index (Phi) is 6.91. The predicted octanol–water partition coefficient (Wildman–Crippen LogP) is 4.68. The molecule has 7 nitrogen and oxygen atoms in total. The lowest BCUT2D eigenvalue weighted by Gasteiger charge is -2.09. The molecule has 33 heavy (non-hydrogen) atoms. The fourth-order valence-electron chi connectivity index (χ4n) is 3.18. The highest BCUT2D eigenvalue weighted by Crippen LogP contribution is 2.34. The van der Waals surface area contributed by atoms with E-state index in [1.807, 2.05) is 19.2 Å². The first-order valence-corrected chi connectivity index (χ1v) is 10.9. The van der Waals surface area contributed by atoms with Crippen molar-refractivity contribution in [1.82, 2.24) is 30.6 Å². The quantitative estimate of drug-likeness (QED) is 0.328. The molecule has 0 unspecified atom stereocenters. The van der Waals surface area contributed by atoms with Crippen LogP contribution in [0.2, 0.25) is 0 Å². The first-order valence-electron chi connectivity index (χ1n) is 10.1.